The average molecular weight is 286 g/mol. The Morgan fingerprint density at radius 2 is 1.90 bits per heavy atom. The van der Waals surface area contributed by atoms with Crippen molar-refractivity contribution in [2.75, 3.05) is 0 Å². The molecular weight excluding hydrogens is 268 g/mol. The summed E-state index contributed by atoms with van der Waals surface area (Å²) in [5.74, 6) is -1.30. The molecule has 3 N–H and O–H groups in total. The summed E-state index contributed by atoms with van der Waals surface area (Å²) in [4.78, 5) is 25.5. The zero-order valence-corrected chi connectivity index (χ0v) is 11.8. The van der Waals surface area contributed by atoms with Crippen molar-refractivity contribution in [1.82, 2.24) is 10.3 Å². The van der Waals surface area contributed by atoms with Gasteiger partial charge >= 0.3 is 5.97 Å². The molecule has 0 aliphatic heterocycles. The van der Waals surface area contributed by atoms with Crippen molar-refractivity contribution in [3.63, 3.8) is 0 Å². The van der Waals surface area contributed by atoms with Gasteiger partial charge < -0.3 is 15.4 Å². The molecule has 5 nitrogen and oxygen atoms in total. The maximum Gasteiger partial charge on any atom is 0.325 e. The van der Waals surface area contributed by atoms with Crippen molar-refractivity contribution in [2.45, 2.75) is 25.8 Å². The fourth-order valence-electron chi connectivity index (χ4n) is 2.00. The Morgan fingerprint density at radius 3 is 2.57 bits per heavy atom. The third kappa shape index (κ3) is 4.21. The molecule has 0 fully saturated rings. The smallest absolute Gasteiger partial charge is 0.325 e. The van der Waals surface area contributed by atoms with Crippen LogP contribution in [-0.4, -0.2) is 28.0 Å². The molecule has 0 saturated heterocycles. The highest BCUT2D eigenvalue weighted by Crippen LogP contribution is 2.18. The Morgan fingerprint density at radius 1 is 1.19 bits per heavy atom. The van der Waals surface area contributed by atoms with Crippen molar-refractivity contribution in [3.8, 4) is 11.3 Å². The Balaban J connectivity index is 1.89. The zero-order chi connectivity index (χ0) is 15.2. The number of hydrogen-bond donors (Lipinski definition) is 3. The predicted octanol–water partition coefficient (Wildman–Crippen LogP) is 2.20. The van der Waals surface area contributed by atoms with Gasteiger partial charge in [-0.2, -0.15) is 0 Å². The van der Waals surface area contributed by atoms with Gasteiger partial charge in [-0.1, -0.05) is 30.3 Å². The molecular formula is C16H18N2O3. The second kappa shape index (κ2) is 6.74. The van der Waals surface area contributed by atoms with Gasteiger partial charge in [0.15, 0.2) is 0 Å². The molecule has 0 aliphatic rings. The number of nitrogens with one attached hydrogen (secondary N) is 2. The van der Waals surface area contributed by atoms with E-state index in [0.29, 0.717) is 6.42 Å². The molecule has 0 spiro atoms. The second-order valence-corrected chi connectivity index (χ2v) is 4.89. The number of aromatic amines is 1. The summed E-state index contributed by atoms with van der Waals surface area (Å²) in [6.45, 7) is 1.45. The van der Waals surface area contributed by atoms with E-state index in [1.54, 1.807) is 0 Å². The number of carboxylic acid groups (broad SMARTS) is 1. The van der Waals surface area contributed by atoms with Crippen molar-refractivity contribution < 1.29 is 14.7 Å². The van der Waals surface area contributed by atoms with Crippen LogP contribution in [-0.2, 0) is 16.0 Å². The lowest BCUT2D eigenvalue weighted by Crippen LogP contribution is -2.38. The first-order chi connectivity index (χ1) is 10.1. The lowest BCUT2D eigenvalue weighted by Gasteiger charge is -2.08. The molecule has 110 valence electrons. The van der Waals surface area contributed by atoms with E-state index in [9.17, 15) is 9.59 Å². The van der Waals surface area contributed by atoms with Crippen molar-refractivity contribution in [2.24, 2.45) is 0 Å². The standard InChI is InChI=1S/C16H18N2O3/c1-11(16(20)21)17-15(19)10-8-13-7-9-14(18-13)12-5-3-2-4-6-12/h2-7,9,11,18H,8,10H2,1H3,(H,17,19)(H,20,21). The fraction of sp³-hybridized carbons (Fsp3) is 0.250. The van der Waals surface area contributed by atoms with Crippen LogP contribution >= 0.6 is 0 Å². The van der Waals surface area contributed by atoms with E-state index in [4.69, 9.17) is 5.11 Å². The van der Waals surface area contributed by atoms with E-state index < -0.39 is 12.0 Å². The van der Waals surface area contributed by atoms with Crippen LogP contribution in [0.15, 0.2) is 42.5 Å². The minimum Gasteiger partial charge on any atom is -0.480 e. The molecule has 21 heavy (non-hydrogen) atoms. The molecule has 5 heteroatoms. The van der Waals surface area contributed by atoms with Crippen molar-refractivity contribution >= 4 is 11.9 Å². The molecule has 1 atom stereocenters. The maximum absolute atomic E-state index is 11.6. The molecule has 0 saturated carbocycles. The number of carbonyl (C=O) groups is 2. The molecule has 2 rings (SSSR count). The minimum atomic E-state index is -1.03. The van der Waals surface area contributed by atoms with Gasteiger partial charge in [-0.3, -0.25) is 9.59 Å². The Labute approximate surface area is 123 Å². The van der Waals surface area contributed by atoms with Crippen LogP contribution in [0.1, 0.15) is 19.0 Å². The second-order valence-electron chi connectivity index (χ2n) is 4.89. The monoisotopic (exact) mass is 286 g/mol. The Kier molecular flexibility index (Phi) is 4.77. The molecule has 1 heterocycles. The minimum absolute atomic E-state index is 0.256. The lowest BCUT2D eigenvalue weighted by atomic mass is 10.2. The van der Waals surface area contributed by atoms with Crippen LogP contribution in [0.25, 0.3) is 11.3 Å². The SMILES string of the molecule is CC(NC(=O)CCc1ccc(-c2ccccc2)[nH]1)C(=O)O. The number of carboxylic acids is 1. The quantitative estimate of drug-likeness (QED) is 0.761. The van der Waals surface area contributed by atoms with Gasteiger partial charge in [0, 0.05) is 17.8 Å². The van der Waals surface area contributed by atoms with Crippen LogP contribution < -0.4 is 5.32 Å². The van der Waals surface area contributed by atoms with Crippen LogP contribution in [0, 0.1) is 0 Å². The first-order valence-corrected chi connectivity index (χ1v) is 6.82. The highest BCUT2D eigenvalue weighted by atomic mass is 16.4. The zero-order valence-electron chi connectivity index (χ0n) is 11.8. The highest BCUT2D eigenvalue weighted by molar-refractivity contribution is 5.83. The third-order valence-electron chi connectivity index (χ3n) is 3.20. The number of H-pyrrole nitrogens is 1. The first-order valence-electron chi connectivity index (χ1n) is 6.82. The number of aryl methyl sites for hydroxylation is 1. The molecule has 1 aromatic heterocycles. The van der Waals surface area contributed by atoms with E-state index in [1.807, 2.05) is 42.5 Å². The predicted molar refractivity (Wildman–Crippen MR) is 79.8 cm³/mol. The Hall–Kier alpha value is -2.56. The average Bonchev–Trinajstić information content (AvgIpc) is 2.95. The third-order valence-corrected chi connectivity index (χ3v) is 3.20. The van der Waals surface area contributed by atoms with Crippen molar-refractivity contribution in [3.05, 3.63) is 48.2 Å². The number of amides is 1. The van der Waals surface area contributed by atoms with Crippen LogP contribution in [0.3, 0.4) is 0 Å². The Bertz CT molecular complexity index is 619. The summed E-state index contributed by atoms with van der Waals surface area (Å²) >= 11 is 0. The molecule has 0 radical (unpaired) electrons. The van der Waals surface area contributed by atoms with Crippen molar-refractivity contribution in [1.29, 1.82) is 0 Å². The summed E-state index contributed by atoms with van der Waals surface area (Å²) < 4.78 is 0. The van der Waals surface area contributed by atoms with Gasteiger partial charge in [0.25, 0.3) is 0 Å². The number of aromatic nitrogens is 1. The van der Waals surface area contributed by atoms with Crippen LogP contribution in [0.2, 0.25) is 0 Å². The van der Waals surface area contributed by atoms with E-state index >= 15 is 0 Å². The fourth-order valence-corrected chi connectivity index (χ4v) is 2.00. The van der Waals surface area contributed by atoms with E-state index in [1.165, 1.54) is 6.92 Å². The lowest BCUT2D eigenvalue weighted by molar-refractivity contribution is -0.141. The highest BCUT2D eigenvalue weighted by Gasteiger charge is 2.13. The summed E-state index contributed by atoms with van der Waals surface area (Å²) in [5, 5.41) is 11.2. The number of rotatable bonds is 6. The summed E-state index contributed by atoms with van der Waals surface area (Å²) in [7, 11) is 0. The van der Waals surface area contributed by atoms with Crippen LogP contribution in [0.5, 0.6) is 0 Å². The van der Waals surface area contributed by atoms with Gasteiger partial charge in [-0.15, -0.1) is 0 Å². The van der Waals surface area contributed by atoms with Gasteiger partial charge in [-0.05, 0) is 31.0 Å². The van der Waals surface area contributed by atoms with E-state index in [-0.39, 0.29) is 12.3 Å². The number of hydrogen-bond acceptors (Lipinski definition) is 2. The molecule has 0 bridgehead atoms. The molecule has 0 aliphatic carbocycles. The summed E-state index contributed by atoms with van der Waals surface area (Å²) in [6, 6.07) is 13.0. The van der Waals surface area contributed by atoms with Gasteiger partial charge in [0.05, 0.1) is 0 Å². The maximum atomic E-state index is 11.6. The number of benzene rings is 1. The largest absolute Gasteiger partial charge is 0.480 e. The van der Waals surface area contributed by atoms with Gasteiger partial charge in [0.2, 0.25) is 5.91 Å². The summed E-state index contributed by atoms with van der Waals surface area (Å²) in [5.41, 5.74) is 3.05. The van der Waals surface area contributed by atoms with E-state index in [2.05, 4.69) is 10.3 Å². The van der Waals surface area contributed by atoms with E-state index in [0.717, 1.165) is 17.0 Å². The normalized spacial score (nSPS) is 11.9. The molecule has 1 unspecified atom stereocenters. The van der Waals surface area contributed by atoms with Gasteiger partial charge in [0.1, 0.15) is 6.04 Å². The summed E-state index contributed by atoms with van der Waals surface area (Å²) in [6.07, 6.45) is 0.803. The molecule has 1 aromatic carbocycles. The number of carbonyl (C=O) groups excluding carboxylic acids is 1. The number of aliphatic carboxylic acids is 1. The molecule has 2 aromatic rings. The molecule has 1 amide bonds. The van der Waals surface area contributed by atoms with Crippen LogP contribution in [0.4, 0.5) is 0 Å². The first kappa shape index (κ1) is 14.8. The topological polar surface area (TPSA) is 82.2 Å². The van der Waals surface area contributed by atoms with Gasteiger partial charge in [-0.25, -0.2) is 0 Å².